The molecule has 0 saturated heterocycles. The molecule has 2 rings (SSSR count). The molecule has 2 aromatic heterocycles. The maximum atomic E-state index is 12.0. The molecular formula is C15H21N3O2. The van der Waals surface area contributed by atoms with Crippen molar-refractivity contribution in [3.63, 3.8) is 0 Å². The van der Waals surface area contributed by atoms with Crippen LogP contribution in [-0.4, -0.2) is 39.1 Å². The minimum atomic E-state index is -0.0648. The van der Waals surface area contributed by atoms with Gasteiger partial charge in [0.1, 0.15) is 5.65 Å². The van der Waals surface area contributed by atoms with E-state index < -0.39 is 0 Å². The first-order valence-electron chi connectivity index (χ1n) is 7.05. The molecular weight excluding hydrogens is 254 g/mol. The lowest BCUT2D eigenvalue weighted by Crippen LogP contribution is -2.29. The molecule has 0 aliphatic rings. The number of fused-ring (bicyclic) bond motifs is 1. The summed E-state index contributed by atoms with van der Waals surface area (Å²) in [6, 6.07) is 7.08. The zero-order valence-corrected chi connectivity index (χ0v) is 11.8. The second-order valence-corrected chi connectivity index (χ2v) is 4.87. The highest BCUT2D eigenvalue weighted by Gasteiger charge is 2.08. The lowest BCUT2D eigenvalue weighted by molar-refractivity contribution is 0.187. The van der Waals surface area contributed by atoms with E-state index >= 15 is 0 Å². The Kier molecular flexibility index (Phi) is 5.26. The predicted octanol–water partition coefficient (Wildman–Crippen LogP) is 1.29. The van der Waals surface area contributed by atoms with Gasteiger partial charge < -0.3 is 5.11 Å². The minimum absolute atomic E-state index is 0.0648. The van der Waals surface area contributed by atoms with Crippen LogP contribution in [0.2, 0.25) is 0 Å². The Morgan fingerprint density at radius 3 is 2.95 bits per heavy atom. The van der Waals surface area contributed by atoms with Crippen molar-refractivity contribution in [3.8, 4) is 0 Å². The van der Waals surface area contributed by atoms with E-state index in [2.05, 4.69) is 16.8 Å². The highest BCUT2D eigenvalue weighted by molar-refractivity contribution is 5.37. The molecule has 5 heteroatoms. The van der Waals surface area contributed by atoms with E-state index in [1.165, 1.54) is 4.40 Å². The first-order valence-corrected chi connectivity index (χ1v) is 7.05. The first kappa shape index (κ1) is 14.7. The highest BCUT2D eigenvalue weighted by Crippen LogP contribution is 2.04. The van der Waals surface area contributed by atoms with E-state index in [9.17, 15) is 4.79 Å². The summed E-state index contributed by atoms with van der Waals surface area (Å²) in [7, 11) is 0. The van der Waals surface area contributed by atoms with E-state index in [4.69, 9.17) is 5.11 Å². The molecule has 0 aliphatic heterocycles. The molecule has 0 spiro atoms. The Labute approximate surface area is 118 Å². The molecule has 0 aliphatic carbocycles. The maximum absolute atomic E-state index is 12.0. The van der Waals surface area contributed by atoms with E-state index in [0.29, 0.717) is 18.7 Å². The quantitative estimate of drug-likeness (QED) is 0.827. The Bertz CT molecular complexity index is 609. The number of aromatic nitrogens is 2. The van der Waals surface area contributed by atoms with Gasteiger partial charge in [-0.2, -0.15) is 0 Å². The molecule has 0 aromatic carbocycles. The number of aliphatic hydroxyl groups is 1. The van der Waals surface area contributed by atoms with Crippen LogP contribution in [0.3, 0.4) is 0 Å². The molecule has 0 amide bonds. The fourth-order valence-corrected chi connectivity index (χ4v) is 2.21. The van der Waals surface area contributed by atoms with Gasteiger partial charge in [0.25, 0.3) is 5.56 Å². The third-order valence-electron chi connectivity index (χ3n) is 3.25. The molecule has 2 aromatic rings. The number of unbranched alkanes of at least 4 members (excludes halogenated alkanes) is 1. The van der Waals surface area contributed by atoms with E-state index in [1.54, 1.807) is 12.3 Å². The first-order chi connectivity index (χ1) is 9.74. The number of hydrogen-bond acceptors (Lipinski definition) is 4. The van der Waals surface area contributed by atoms with Crippen molar-refractivity contribution in [3.05, 3.63) is 46.5 Å². The van der Waals surface area contributed by atoms with Gasteiger partial charge in [-0.1, -0.05) is 19.4 Å². The van der Waals surface area contributed by atoms with Gasteiger partial charge in [0, 0.05) is 25.4 Å². The maximum Gasteiger partial charge on any atom is 0.258 e. The van der Waals surface area contributed by atoms with Crippen molar-refractivity contribution >= 4 is 5.65 Å². The van der Waals surface area contributed by atoms with Gasteiger partial charge in [0.15, 0.2) is 0 Å². The van der Waals surface area contributed by atoms with Crippen LogP contribution in [0.1, 0.15) is 25.5 Å². The molecule has 0 unspecified atom stereocenters. The average molecular weight is 275 g/mol. The number of rotatable bonds is 7. The number of pyridine rings is 1. The van der Waals surface area contributed by atoms with Gasteiger partial charge in [0.2, 0.25) is 0 Å². The number of hydrogen-bond donors (Lipinski definition) is 1. The van der Waals surface area contributed by atoms with Gasteiger partial charge in [-0.25, -0.2) is 4.98 Å². The van der Waals surface area contributed by atoms with Crippen molar-refractivity contribution in [2.24, 2.45) is 0 Å². The molecule has 108 valence electrons. The van der Waals surface area contributed by atoms with Gasteiger partial charge in [-0.3, -0.25) is 14.1 Å². The van der Waals surface area contributed by atoms with Crippen LogP contribution in [0.25, 0.3) is 5.65 Å². The van der Waals surface area contributed by atoms with Crippen molar-refractivity contribution in [1.29, 1.82) is 0 Å². The average Bonchev–Trinajstić information content (AvgIpc) is 2.45. The predicted molar refractivity (Wildman–Crippen MR) is 78.7 cm³/mol. The van der Waals surface area contributed by atoms with Crippen LogP contribution >= 0.6 is 0 Å². The van der Waals surface area contributed by atoms with E-state index in [1.807, 2.05) is 18.2 Å². The van der Waals surface area contributed by atoms with Crippen molar-refractivity contribution < 1.29 is 5.11 Å². The Hall–Kier alpha value is -1.72. The molecule has 1 N–H and O–H groups in total. The number of nitrogens with zero attached hydrogens (tertiary/aromatic N) is 3. The largest absolute Gasteiger partial charge is 0.395 e. The summed E-state index contributed by atoms with van der Waals surface area (Å²) in [5.41, 5.74) is 1.35. The van der Waals surface area contributed by atoms with Crippen LogP contribution < -0.4 is 5.56 Å². The van der Waals surface area contributed by atoms with E-state index in [-0.39, 0.29) is 12.2 Å². The molecule has 2 heterocycles. The standard InChI is InChI=1S/C15H21N3O2/c1-2-3-7-17(9-10-19)12-13-11-15(20)18-8-5-4-6-14(18)16-13/h4-6,8,11,19H,2-3,7,9-10,12H2,1H3. The third kappa shape index (κ3) is 3.65. The second kappa shape index (κ2) is 7.17. The van der Waals surface area contributed by atoms with E-state index in [0.717, 1.165) is 25.1 Å². The normalized spacial score (nSPS) is 11.3. The minimum Gasteiger partial charge on any atom is -0.395 e. The van der Waals surface area contributed by atoms with Crippen LogP contribution in [0, 0.1) is 0 Å². The van der Waals surface area contributed by atoms with Gasteiger partial charge in [-0.05, 0) is 25.1 Å². The monoisotopic (exact) mass is 275 g/mol. The zero-order chi connectivity index (χ0) is 14.4. The zero-order valence-electron chi connectivity index (χ0n) is 11.8. The second-order valence-electron chi connectivity index (χ2n) is 4.87. The molecule has 0 bridgehead atoms. The molecule has 5 nitrogen and oxygen atoms in total. The van der Waals surface area contributed by atoms with Crippen LogP contribution in [0.4, 0.5) is 0 Å². The SMILES string of the molecule is CCCCN(CCO)Cc1cc(=O)n2ccccc2n1. The summed E-state index contributed by atoms with van der Waals surface area (Å²) in [6.45, 7) is 4.37. The van der Waals surface area contributed by atoms with Gasteiger partial charge in [0.05, 0.1) is 12.3 Å². The summed E-state index contributed by atoms with van der Waals surface area (Å²) >= 11 is 0. The van der Waals surface area contributed by atoms with Crippen molar-refractivity contribution in [2.45, 2.75) is 26.3 Å². The van der Waals surface area contributed by atoms with Crippen LogP contribution in [-0.2, 0) is 6.54 Å². The highest BCUT2D eigenvalue weighted by atomic mass is 16.3. The molecule has 0 radical (unpaired) electrons. The van der Waals surface area contributed by atoms with Gasteiger partial charge >= 0.3 is 0 Å². The summed E-state index contributed by atoms with van der Waals surface area (Å²) in [4.78, 5) is 18.6. The lowest BCUT2D eigenvalue weighted by atomic mass is 10.3. The van der Waals surface area contributed by atoms with Crippen LogP contribution in [0.5, 0.6) is 0 Å². The summed E-state index contributed by atoms with van der Waals surface area (Å²) in [5, 5.41) is 9.11. The van der Waals surface area contributed by atoms with Crippen LogP contribution in [0.15, 0.2) is 35.3 Å². The summed E-state index contributed by atoms with van der Waals surface area (Å²) in [5.74, 6) is 0. The Morgan fingerprint density at radius 2 is 2.20 bits per heavy atom. The van der Waals surface area contributed by atoms with Gasteiger partial charge in [-0.15, -0.1) is 0 Å². The fraction of sp³-hybridized carbons (Fsp3) is 0.467. The lowest BCUT2D eigenvalue weighted by Gasteiger charge is -2.20. The third-order valence-corrected chi connectivity index (χ3v) is 3.25. The fourth-order valence-electron chi connectivity index (χ4n) is 2.21. The summed E-state index contributed by atoms with van der Waals surface area (Å²) < 4.78 is 1.53. The number of aliphatic hydroxyl groups excluding tert-OH is 1. The Morgan fingerprint density at radius 1 is 1.35 bits per heavy atom. The molecule has 0 fully saturated rings. The molecule has 0 atom stereocenters. The molecule has 0 saturated carbocycles. The Balaban J connectivity index is 2.21. The summed E-state index contributed by atoms with van der Waals surface area (Å²) in [6.07, 6.45) is 3.90. The smallest absolute Gasteiger partial charge is 0.258 e. The van der Waals surface area contributed by atoms with Crippen molar-refractivity contribution in [2.75, 3.05) is 19.7 Å². The molecule has 20 heavy (non-hydrogen) atoms. The van der Waals surface area contributed by atoms with Crippen molar-refractivity contribution in [1.82, 2.24) is 14.3 Å². The topological polar surface area (TPSA) is 57.8 Å².